The van der Waals surface area contributed by atoms with Crippen molar-refractivity contribution in [3.05, 3.63) is 95.6 Å². The molecule has 2 saturated carbocycles. The molecule has 0 unspecified atom stereocenters. The maximum absolute atomic E-state index is 13.0. The summed E-state index contributed by atoms with van der Waals surface area (Å²) in [5.74, 6) is 2.29. The number of allylic oxidation sites excluding steroid dienone is 2. The fourth-order valence-corrected chi connectivity index (χ4v) is 9.14. The van der Waals surface area contributed by atoms with Gasteiger partial charge in [0.15, 0.2) is 11.6 Å². The maximum Gasteiger partial charge on any atom is 0.154 e. The van der Waals surface area contributed by atoms with E-state index in [0.29, 0.717) is 61.2 Å². The van der Waals surface area contributed by atoms with Gasteiger partial charge in [0.05, 0.1) is 24.3 Å². The van der Waals surface area contributed by atoms with E-state index in [9.17, 15) is 28.6 Å². The number of aliphatic hydroxyl groups excluding tert-OH is 2. The molecule has 0 radical (unpaired) electrons. The van der Waals surface area contributed by atoms with Crippen molar-refractivity contribution in [2.45, 2.75) is 62.8 Å². The minimum absolute atomic E-state index is 0.00386. The molecule has 2 aromatic rings. The molecule has 2 aliphatic heterocycles. The van der Waals surface area contributed by atoms with Crippen molar-refractivity contribution in [1.29, 1.82) is 0 Å². The molecule has 2 saturated heterocycles. The van der Waals surface area contributed by atoms with E-state index in [1.165, 1.54) is 24.3 Å². The summed E-state index contributed by atoms with van der Waals surface area (Å²) in [6, 6.07) is 12.0. The Morgan fingerprint density at radius 3 is 1.37 bits per heavy atom. The average Bonchev–Trinajstić information content (AvgIpc) is 3.70. The highest BCUT2D eigenvalue weighted by molar-refractivity contribution is 5.90. The van der Waals surface area contributed by atoms with Crippen LogP contribution in [-0.4, -0.2) is 69.8 Å². The van der Waals surface area contributed by atoms with Crippen LogP contribution in [0.5, 0.6) is 0 Å². The largest absolute Gasteiger partial charge is 0.388 e. The van der Waals surface area contributed by atoms with Crippen LogP contribution >= 0.6 is 0 Å². The molecule has 4 fully saturated rings. The standard InChI is InChI=1S/2C19H22FNO2/c2*20-15-5-3-12(4-6-15)17(22)8-10-21-9-7-16-13-1-2-14(11-13)18(21)19(16)23/h2*1-6,13-14,16-18,22H,7-11H2/t13-,14+,16+,17+,18-;13-,14+,16+,17-,18-/m00/s1. The zero-order valence-electron chi connectivity index (χ0n) is 26.1. The molecule has 2 aromatic carbocycles. The minimum Gasteiger partial charge on any atom is -0.388 e. The number of halogens is 2. The van der Waals surface area contributed by atoms with Crippen LogP contribution in [-0.2, 0) is 9.59 Å². The van der Waals surface area contributed by atoms with E-state index in [4.69, 9.17) is 0 Å². The summed E-state index contributed by atoms with van der Waals surface area (Å²) in [4.78, 5) is 29.8. The van der Waals surface area contributed by atoms with Gasteiger partial charge in [0.2, 0.25) is 0 Å². The van der Waals surface area contributed by atoms with E-state index in [1.807, 2.05) is 0 Å². The molecule has 10 atom stereocenters. The molecule has 8 heteroatoms. The van der Waals surface area contributed by atoms with Gasteiger partial charge in [0.1, 0.15) is 11.6 Å². The van der Waals surface area contributed by atoms with Gasteiger partial charge in [-0.1, -0.05) is 48.6 Å². The Bertz CT molecular complexity index is 1370. The van der Waals surface area contributed by atoms with Crippen LogP contribution in [0.3, 0.4) is 0 Å². The number of hydrogen-bond acceptors (Lipinski definition) is 6. The fraction of sp³-hybridized carbons (Fsp3) is 0.526. The molecular weight excluding hydrogens is 586 g/mol. The third-order valence-electron chi connectivity index (χ3n) is 11.6. The molecule has 46 heavy (non-hydrogen) atoms. The molecule has 6 aliphatic rings. The van der Waals surface area contributed by atoms with E-state index < -0.39 is 12.2 Å². The smallest absolute Gasteiger partial charge is 0.154 e. The molecular formula is C38H44F2N2O4. The zero-order chi connectivity index (χ0) is 31.9. The van der Waals surface area contributed by atoms with Crippen molar-refractivity contribution in [3.63, 3.8) is 0 Å². The number of Topliss-reactive ketones (excluding diaryl/α,β-unsaturated/α-hetero) is 2. The summed E-state index contributed by atoms with van der Waals surface area (Å²) in [6.45, 7) is 3.28. The highest BCUT2D eigenvalue weighted by atomic mass is 19.1. The number of likely N-dealkylation sites (tertiary alicyclic amines) is 2. The molecule has 4 aliphatic carbocycles. The van der Waals surface area contributed by atoms with Crippen LogP contribution in [0, 0.1) is 47.1 Å². The van der Waals surface area contributed by atoms with Crippen LogP contribution in [0.15, 0.2) is 72.8 Å². The van der Waals surface area contributed by atoms with Crippen molar-refractivity contribution in [3.8, 4) is 0 Å². The van der Waals surface area contributed by atoms with E-state index in [2.05, 4.69) is 34.1 Å². The number of ketones is 2. The first-order valence-electron chi connectivity index (χ1n) is 17.1. The number of piperidine rings is 2. The first-order valence-corrected chi connectivity index (χ1v) is 17.1. The van der Waals surface area contributed by atoms with E-state index in [0.717, 1.165) is 49.9 Å². The number of rotatable bonds is 8. The molecule has 0 amide bonds. The Morgan fingerprint density at radius 2 is 0.978 bits per heavy atom. The molecule has 244 valence electrons. The third-order valence-corrected chi connectivity index (χ3v) is 11.6. The van der Waals surface area contributed by atoms with Crippen molar-refractivity contribution >= 4 is 11.6 Å². The molecule has 2 heterocycles. The molecule has 0 aromatic heterocycles. The number of benzene rings is 2. The average molecular weight is 631 g/mol. The summed E-state index contributed by atoms with van der Waals surface area (Å²) < 4.78 is 25.9. The Morgan fingerprint density at radius 1 is 0.609 bits per heavy atom. The van der Waals surface area contributed by atoms with Gasteiger partial charge in [0, 0.05) is 36.8 Å². The predicted molar refractivity (Wildman–Crippen MR) is 170 cm³/mol. The molecule has 8 bridgehead atoms. The third kappa shape index (κ3) is 6.17. The minimum atomic E-state index is -0.612. The van der Waals surface area contributed by atoms with Crippen LogP contribution < -0.4 is 0 Å². The lowest BCUT2D eigenvalue weighted by atomic mass is 9.70. The van der Waals surface area contributed by atoms with Crippen molar-refractivity contribution in [2.24, 2.45) is 35.5 Å². The van der Waals surface area contributed by atoms with Gasteiger partial charge in [-0.05, 0) is 98.8 Å². The second kappa shape index (κ2) is 13.2. The summed E-state index contributed by atoms with van der Waals surface area (Å²) in [6.07, 6.45) is 12.9. The number of aliphatic hydroxyl groups is 2. The molecule has 0 spiro atoms. The maximum atomic E-state index is 13.0. The summed E-state index contributed by atoms with van der Waals surface area (Å²) in [5, 5.41) is 20.6. The van der Waals surface area contributed by atoms with Gasteiger partial charge in [-0.3, -0.25) is 19.4 Å². The Kier molecular flexibility index (Phi) is 9.07. The normalized spacial score (nSPS) is 33.9. The van der Waals surface area contributed by atoms with Gasteiger partial charge in [0.25, 0.3) is 0 Å². The topological polar surface area (TPSA) is 81.1 Å². The first-order chi connectivity index (χ1) is 22.3. The van der Waals surface area contributed by atoms with Crippen molar-refractivity contribution in [1.82, 2.24) is 9.80 Å². The van der Waals surface area contributed by atoms with Crippen LogP contribution in [0.2, 0.25) is 0 Å². The highest BCUT2D eigenvalue weighted by Crippen LogP contribution is 2.46. The number of carbonyl (C=O) groups is 2. The number of nitrogens with zero attached hydrogens (tertiary/aromatic N) is 2. The molecule has 2 N–H and O–H groups in total. The second-order valence-electron chi connectivity index (χ2n) is 14.2. The van der Waals surface area contributed by atoms with E-state index in [1.54, 1.807) is 24.3 Å². The number of fused-ring (bicyclic) bond motifs is 12. The van der Waals surface area contributed by atoms with Gasteiger partial charge in [-0.25, -0.2) is 8.78 Å². The van der Waals surface area contributed by atoms with Gasteiger partial charge in [-0.2, -0.15) is 0 Å². The predicted octanol–water partition coefficient (Wildman–Crippen LogP) is 5.43. The zero-order valence-corrected chi connectivity index (χ0v) is 26.1. The van der Waals surface area contributed by atoms with E-state index >= 15 is 0 Å². The second-order valence-corrected chi connectivity index (χ2v) is 14.2. The Hall–Kier alpha value is -3.04. The highest BCUT2D eigenvalue weighted by Gasteiger charge is 2.51. The summed E-state index contributed by atoms with van der Waals surface area (Å²) >= 11 is 0. The fourth-order valence-electron chi connectivity index (χ4n) is 9.14. The Balaban J connectivity index is 0.000000147. The quantitative estimate of drug-likeness (QED) is 0.379. The van der Waals surface area contributed by atoms with Crippen molar-refractivity contribution in [2.75, 3.05) is 26.2 Å². The SMILES string of the molecule is O=C1[C@@H]2[C@@H]3C=C[C@@H](C3)[C@H]1CCN2CC[C@@H](O)c1ccc(F)cc1.O=C1[C@@H]2[C@@H]3C=C[C@@H](C3)[C@H]1CCN2CC[C@H](O)c1ccc(F)cc1. The molecule has 6 nitrogen and oxygen atoms in total. The van der Waals surface area contributed by atoms with Crippen LogP contribution in [0.4, 0.5) is 8.78 Å². The van der Waals surface area contributed by atoms with E-state index in [-0.39, 0.29) is 35.6 Å². The van der Waals surface area contributed by atoms with Gasteiger partial charge in [-0.15, -0.1) is 0 Å². The summed E-state index contributed by atoms with van der Waals surface area (Å²) in [7, 11) is 0. The molecule has 8 rings (SSSR count). The number of hydrogen-bond donors (Lipinski definition) is 2. The van der Waals surface area contributed by atoms with Crippen LogP contribution in [0.1, 0.15) is 61.9 Å². The van der Waals surface area contributed by atoms with Gasteiger partial charge >= 0.3 is 0 Å². The lowest BCUT2D eigenvalue weighted by Crippen LogP contribution is -2.56. The Labute approximate surface area is 269 Å². The van der Waals surface area contributed by atoms with Gasteiger partial charge < -0.3 is 10.2 Å². The lowest BCUT2D eigenvalue weighted by Gasteiger charge is -2.45. The number of carbonyl (C=O) groups excluding carboxylic acids is 2. The van der Waals surface area contributed by atoms with Crippen LogP contribution in [0.25, 0.3) is 0 Å². The van der Waals surface area contributed by atoms with Crippen molar-refractivity contribution < 1.29 is 28.6 Å². The monoisotopic (exact) mass is 630 g/mol. The summed E-state index contributed by atoms with van der Waals surface area (Å²) in [5.41, 5.74) is 1.47. The lowest BCUT2D eigenvalue weighted by molar-refractivity contribution is -0.139. The first kappa shape index (κ1) is 31.6.